The van der Waals surface area contributed by atoms with Crippen LogP contribution >= 0.6 is 11.6 Å². The third kappa shape index (κ3) is 4.95. The molecule has 36 heavy (non-hydrogen) atoms. The van der Waals surface area contributed by atoms with Crippen molar-refractivity contribution in [1.29, 1.82) is 0 Å². The van der Waals surface area contributed by atoms with Crippen molar-refractivity contribution in [2.45, 2.75) is 25.6 Å². The summed E-state index contributed by atoms with van der Waals surface area (Å²) in [5.41, 5.74) is 3.02. The summed E-state index contributed by atoms with van der Waals surface area (Å²) >= 11 is 6.31. The fraction of sp³-hybridized carbons (Fsp3) is 0.320. The molecule has 0 saturated heterocycles. The van der Waals surface area contributed by atoms with Crippen molar-refractivity contribution in [2.75, 3.05) is 38.0 Å². The summed E-state index contributed by atoms with van der Waals surface area (Å²) in [6.07, 6.45) is 1.50. The van der Waals surface area contributed by atoms with E-state index in [-0.39, 0.29) is 18.4 Å². The Labute approximate surface area is 214 Å². The predicted molar refractivity (Wildman–Crippen MR) is 138 cm³/mol. The number of rotatable bonds is 8. The largest absolute Gasteiger partial charge is 0.394 e. The molecular formula is C25H28ClN7O3. The summed E-state index contributed by atoms with van der Waals surface area (Å²) in [7, 11) is 5.43. The number of aromatic nitrogens is 3. The average molecular weight is 510 g/mol. The monoisotopic (exact) mass is 509 g/mol. The van der Waals surface area contributed by atoms with Crippen molar-refractivity contribution >= 4 is 35.2 Å². The molecule has 0 bridgehead atoms. The molecule has 2 aromatic heterocycles. The zero-order valence-corrected chi connectivity index (χ0v) is 21.2. The molecule has 1 aliphatic heterocycles. The molecule has 1 aromatic carbocycles. The summed E-state index contributed by atoms with van der Waals surface area (Å²) in [4.78, 5) is 42.7. The lowest BCUT2D eigenvalue weighted by atomic mass is 10.0. The number of hydrogen-bond acceptors (Lipinski definition) is 8. The van der Waals surface area contributed by atoms with E-state index >= 15 is 0 Å². The summed E-state index contributed by atoms with van der Waals surface area (Å²) < 4.78 is 0. The van der Waals surface area contributed by atoms with E-state index in [1.807, 2.05) is 43.3 Å². The zero-order valence-electron chi connectivity index (χ0n) is 20.5. The summed E-state index contributed by atoms with van der Waals surface area (Å²) in [6.45, 7) is 1.63. The number of aliphatic hydroxyl groups excluding tert-OH is 1. The maximum atomic E-state index is 13.3. The number of carbonyl (C=O) groups excluding carboxylic acids is 2. The normalized spacial score (nSPS) is 14.3. The number of carbonyl (C=O) groups is 2. The standard InChI is InChI=1S/C25H28ClN7O3/c1-14(23(35)30-20(13-34)19-6-5-7-21(29-19)32(3)4)33-12-16-9-8-15(10-17(16)24(33)36)22-18(26)11-28-25(27-2)31-22/h5-11,14,20,34H,12-13H2,1-4H3,(H,30,35)(H,27,28,31)/t14-,20-/m1/s1. The Bertz CT molecular complexity index is 1300. The van der Waals surface area contributed by atoms with Crippen LogP contribution in [0.5, 0.6) is 0 Å². The van der Waals surface area contributed by atoms with Gasteiger partial charge in [-0.3, -0.25) is 9.59 Å². The van der Waals surface area contributed by atoms with Crippen molar-refractivity contribution in [3.8, 4) is 11.3 Å². The third-order valence-electron chi connectivity index (χ3n) is 6.10. The Kier molecular flexibility index (Phi) is 7.37. The lowest BCUT2D eigenvalue weighted by Crippen LogP contribution is -2.47. The molecule has 3 aromatic rings. The second-order valence-corrected chi connectivity index (χ2v) is 9.09. The Morgan fingerprint density at radius 1 is 1.25 bits per heavy atom. The Hall–Kier alpha value is -3.76. The van der Waals surface area contributed by atoms with E-state index < -0.39 is 12.1 Å². The molecule has 0 saturated carbocycles. The summed E-state index contributed by atoms with van der Waals surface area (Å²) in [5.74, 6) is 0.476. The van der Waals surface area contributed by atoms with E-state index in [2.05, 4.69) is 25.6 Å². The lowest BCUT2D eigenvalue weighted by molar-refractivity contribution is -0.126. The molecule has 0 unspecified atom stereocenters. The number of anilines is 2. The van der Waals surface area contributed by atoms with Crippen LogP contribution in [0.25, 0.3) is 11.3 Å². The first-order valence-electron chi connectivity index (χ1n) is 11.4. The number of hydrogen-bond donors (Lipinski definition) is 3. The highest BCUT2D eigenvalue weighted by molar-refractivity contribution is 6.33. The molecule has 2 atom stereocenters. The molecule has 3 heterocycles. The van der Waals surface area contributed by atoms with Crippen LogP contribution in [0.15, 0.2) is 42.6 Å². The van der Waals surface area contributed by atoms with Crippen LogP contribution in [0.4, 0.5) is 11.8 Å². The summed E-state index contributed by atoms with van der Waals surface area (Å²) in [6, 6.07) is 9.36. The fourth-order valence-corrected chi connectivity index (χ4v) is 4.20. The highest BCUT2D eigenvalue weighted by Crippen LogP contribution is 2.32. The molecule has 0 fully saturated rings. The van der Waals surface area contributed by atoms with Crippen molar-refractivity contribution in [3.63, 3.8) is 0 Å². The van der Waals surface area contributed by atoms with Gasteiger partial charge in [0, 0.05) is 38.8 Å². The van der Waals surface area contributed by atoms with Crippen LogP contribution in [0.3, 0.4) is 0 Å². The zero-order chi connectivity index (χ0) is 26.0. The average Bonchev–Trinajstić information content (AvgIpc) is 3.22. The molecule has 0 spiro atoms. The van der Waals surface area contributed by atoms with Crippen LogP contribution in [0, 0.1) is 0 Å². The van der Waals surface area contributed by atoms with Gasteiger partial charge in [-0.15, -0.1) is 0 Å². The molecule has 3 N–H and O–H groups in total. The van der Waals surface area contributed by atoms with E-state index in [0.717, 1.165) is 5.56 Å². The number of amides is 2. The second-order valence-electron chi connectivity index (χ2n) is 8.68. The molecule has 2 amide bonds. The molecule has 11 heteroatoms. The molecule has 4 rings (SSSR count). The van der Waals surface area contributed by atoms with Gasteiger partial charge in [0.15, 0.2) is 0 Å². The van der Waals surface area contributed by atoms with Crippen LogP contribution in [-0.4, -0.2) is 70.6 Å². The lowest BCUT2D eigenvalue weighted by Gasteiger charge is -2.26. The molecule has 10 nitrogen and oxygen atoms in total. The smallest absolute Gasteiger partial charge is 0.255 e. The third-order valence-corrected chi connectivity index (χ3v) is 6.38. The Balaban J connectivity index is 1.52. The second kappa shape index (κ2) is 10.5. The molecule has 188 valence electrons. The SMILES string of the molecule is CNc1ncc(Cl)c(-c2ccc3c(c2)C(=O)N([C@H](C)C(=O)N[C@H](CO)c2cccc(N(C)C)n2)C3)n1. The number of aliphatic hydroxyl groups is 1. The van der Waals surface area contributed by atoms with Crippen molar-refractivity contribution in [1.82, 2.24) is 25.2 Å². The number of nitrogens with zero attached hydrogens (tertiary/aromatic N) is 5. The number of benzene rings is 1. The van der Waals surface area contributed by atoms with Crippen molar-refractivity contribution in [2.24, 2.45) is 0 Å². The van der Waals surface area contributed by atoms with Crippen molar-refractivity contribution < 1.29 is 14.7 Å². The fourth-order valence-electron chi connectivity index (χ4n) is 4.00. The minimum absolute atomic E-state index is 0.262. The Morgan fingerprint density at radius 2 is 2.03 bits per heavy atom. The van der Waals surface area contributed by atoms with Gasteiger partial charge in [0.25, 0.3) is 5.91 Å². The first kappa shape index (κ1) is 25.3. The maximum absolute atomic E-state index is 13.3. The minimum Gasteiger partial charge on any atom is -0.394 e. The molecular weight excluding hydrogens is 482 g/mol. The molecule has 0 aliphatic carbocycles. The van der Waals surface area contributed by atoms with E-state index in [4.69, 9.17) is 11.6 Å². The summed E-state index contributed by atoms with van der Waals surface area (Å²) in [5, 5.41) is 16.0. The topological polar surface area (TPSA) is 124 Å². The quantitative estimate of drug-likeness (QED) is 0.423. The van der Waals surface area contributed by atoms with Gasteiger partial charge in [-0.05, 0) is 30.7 Å². The van der Waals surface area contributed by atoms with Crippen LogP contribution in [-0.2, 0) is 11.3 Å². The van der Waals surface area contributed by atoms with Gasteiger partial charge in [0.05, 0.1) is 35.3 Å². The minimum atomic E-state index is -0.766. The van der Waals surface area contributed by atoms with Crippen LogP contribution < -0.4 is 15.5 Å². The van der Waals surface area contributed by atoms with Gasteiger partial charge in [-0.1, -0.05) is 29.8 Å². The van der Waals surface area contributed by atoms with Gasteiger partial charge in [0.2, 0.25) is 11.9 Å². The van der Waals surface area contributed by atoms with Crippen LogP contribution in [0.2, 0.25) is 5.02 Å². The van der Waals surface area contributed by atoms with Gasteiger partial charge in [-0.2, -0.15) is 0 Å². The number of fused-ring (bicyclic) bond motifs is 1. The predicted octanol–water partition coefficient (Wildman–Crippen LogP) is 2.49. The van der Waals surface area contributed by atoms with Gasteiger partial charge >= 0.3 is 0 Å². The highest BCUT2D eigenvalue weighted by atomic mass is 35.5. The number of pyridine rings is 1. The van der Waals surface area contributed by atoms with E-state index in [9.17, 15) is 14.7 Å². The van der Waals surface area contributed by atoms with E-state index in [1.165, 1.54) is 11.1 Å². The first-order chi connectivity index (χ1) is 17.2. The van der Waals surface area contributed by atoms with Crippen molar-refractivity contribution in [3.05, 3.63) is 64.4 Å². The van der Waals surface area contributed by atoms with Gasteiger partial charge in [-0.25, -0.2) is 15.0 Å². The van der Waals surface area contributed by atoms with E-state index in [0.29, 0.717) is 45.8 Å². The molecule has 0 radical (unpaired) electrons. The highest BCUT2D eigenvalue weighted by Gasteiger charge is 2.35. The maximum Gasteiger partial charge on any atom is 0.255 e. The number of nitrogens with one attached hydrogen (secondary N) is 2. The van der Waals surface area contributed by atoms with E-state index in [1.54, 1.807) is 26.1 Å². The number of halogens is 1. The van der Waals surface area contributed by atoms with Gasteiger partial charge in [0.1, 0.15) is 11.9 Å². The van der Waals surface area contributed by atoms with Crippen LogP contribution in [0.1, 0.15) is 34.6 Å². The molecule has 1 aliphatic rings. The van der Waals surface area contributed by atoms with Gasteiger partial charge < -0.3 is 25.5 Å². The Morgan fingerprint density at radius 3 is 2.72 bits per heavy atom. The first-order valence-corrected chi connectivity index (χ1v) is 11.8.